The third kappa shape index (κ3) is 5.41. The fraction of sp³-hybridized carbons (Fsp3) is 0.316. The summed E-state index contributed by atoms with van der Waals surface area (Å²) in [4.78, 5) is 38.2. The first kappa shape index (κ1) is 20.1. The van der Waals surface area contributed by atoms with Crippen LogP contribution in [0.1, 0.15) is 39.9 Å². The molecular weight excluding hydrogens is 374 g/mol. The van der Waals surface area contributed by atoms with Crippen molar-refractivity contribution < 1.29 is 19.1 Å². The minimum Gasteiger partial charge on any atom is -0.453 e. The van der Waals surface area contributed by atoms with Crippen LogP contribution in [-0.4, -0.2) is 23.8 Å². The van der Waals surface area contributed by atoms with Gasteiger partial charge in [-0.25, -0.2) is 0 Å². The van der Waals surface area contributed by atoms with Crippen molar-refractivity contribution >= 4 is 46.3 Å². The molecule has 0 bridgehead atoms. The van der Waals surface area contributed by atoms with Crippen LogP contribution >= 0.6 is 22.9 Å². The number of esters is 1. The SMILES string of the molecule is Cc1cc(C(=O)CCC(=O)O[C@@H](C)C(=O)Nc2ccccc2Cl)c(C)s1. The van der Waals surface area contributed by atoms with E-state index in [4.69, 9.17) is 16.3 Å². The lowest BCUT2D eigenvalue weighted by Gasteiger charge is -2.14. The molecule has 5 nitrogen and oxygen atoms in total. The summed E-state index contributed by atoms with van der Waals surface area (Å²) in [7, 11) is 0. The predicted molar refractivity (Wildman–Crippen MR) is 103 cm³/mol. The second kappa shape index (κ2) is 8.96. The molecule has 1 atom stereocenters. The lowest BCUT2D eigenvalue weighted by molar-refractivity contribution is -0.153. The molecule has 1 amide bonds. The molecule has 0 spiro atoms. The third-order valence-corrected chi connectivity index (χ3v) is 5.00. The maximum absolute atomic E-state index is 12.2. The lowest BCUT2D eigenvalue weighted by atomic mass is 10.1. The number of hydrogen-bond acceptors (Lipinski definition) is 5. The Kier molecular flexibility index (Phi) is 6.94. The number of carbonyl (C=O) groups is 3. The van der Waals surface area contributed by atoms with Crippen molar-refractivity contribution in [1.82, 2.24) is 0 Å². The topological polar surface area (TPSA) is 72.5 Å². The van der Waals surface area contributed by atoms with Crippen LogP contribution in [0.25, 0.3) is 0 Å². The molecule has 0 aliphatic carbocycles. The molecule has 0 aliphatic rings. The van der Waals surface area contributed by atoms with Crippen molar-refractivity contribution in [2.45, 2.75) is 39.7 Å². The highest BCUT2D eigenvalue weighted by Gasteiger charge is 2.20. The molecule has 0 saturated carbocycles. The molecule has 1 aromatic carbocycles. The number of thiophene rings is 1. The summed E-state index contributed by atoms with van der Waals surface area (Å²) in [6.07, 6.45) is -1.01. The van der Waals surface area contributed by atoms with Crippen LogP contribution in [0, 0.1) is 13.8 Å². The average molecular weight is 394 g/mol. The molecule has 2 rings (SSSR count). The van der Waals surface area contributed by atoms with Gasteiger partial charge >= 0.3 is 5.97 Å². The Bertz CT molecular complexity index is 831. The molecule has 0 unspecified atom stereocenters. The van der Waals surface area contributed by atoms with Gasteiger partial charge in [0.25, 0.3) is 5.91 Å². The Hall–Kier alpha value is -2.18. The Labute approximate surface area is 161 Å². The molecule has 138 valence electrons. The number of ketones is 1. The highest BCUT2D eigenvalue weighted by Crippen LogP contribution is 2.23. The van der Waals surface area contributed by atoms with Gasteiger partial charge in [-0.2, -0.15) is 0 Å². The molecule has 0 aliphatic heterocycles. The molecule has 0 radical (unpaired) electrons. The van der Waals surface area contributed by atoms with E-state index in [2.05, 4.69) is 5.32 Å². The van der Waals surface area contributed by atoms with E-state index in [1.54, 1.807) is 35.6 Å². The van der Waals surface area contributed by atoms with Crippen LogP contribution in [0.15, 0.2) is 30.3 Å². The number of nitrogens with one attached hydrogen (secondary N) is 1. The van der Waals surface area contributed by atoms with Gasteiger partial charge in [0.2, 0.25) is 0 Å². The van der Waals surface area contributed by atoms with Crippen LogP contribution < -0.4 is 5.32 Å². The molecule has 1 N–H and O–H groups in total. The Balaban J connectivity index is 1.83. The number of para-hydroxylation sites is 1. The third-order valence-electron chi connectivity index (χ3n) is 3.71. The molecule has 0 saturated heterocycles. The van der Waals surface area contributed by atoms with Gasteiger partial charge < -0.3 is 10.1 Å². The van der Waals surface area contributed by atoms with E-state index in [0.29, 0.717) is 16.3 Å². The number of Topliss-reactive ketones (excluding diaryl/α,β-unsaturated/α-hetero) is 1. The quantitative estimate of drug-likeness (QED) is 0.553. The van der Waals surface area contributed by atoms with E-state index >= 15 is 0 Å². The zero-order valence-electron chi connectivity index (χ0n) is 14.8. The number of halogens is 1. The van der Waals surface area contributed by atoms with Crippen LogP contribution in [0.3, 0.4) is 0 Å². The van der Waals surface area contributed by atoms with E-state index in [1.807, 2.05) is 19.9 Å². The van der Waals surface area contributed by atoms with Crippen molar-refractivity contribution in [2.24, 2.45) is 0 Å². The van der Waals surface area contributed by atoms with Crippen LogP contribution in [-0.2, 0) is 14.3 Å². The Morgan fingerprint density at radius 2 is 1.88 bits per heavy atom. The maximum atomic E-state index is 12.2. The lowest BCUT2D eigenvalue weighted by Crippen LogP contribution is -2.30. The summed E-state index contributed by atoms with van der Waals surface area (Å²) in [5.41, 5.74) is 1.09. The molecule has 1 heterocycles. The van der Waals surface area contributed by atoms with Crippen molar-refractivity contribution in [3.63, 3.8) is 0 Å². The van der Waals surface area contributed by atoms with Crippen molar-refractivity contribution in [1.29, 1.82) is 0 Å². The fourth-order valence-corrected chi connectivity index (χ4v) is 3.49. The zero-order chi connectivity index (χ0) is 19.3. The highest BCUT2D eigenvalue weighted by molar-refractivity contribution is 7.12. The van der Waals surface area contributed by atoms with Gasteiger partial charge in [0, 0.05) is 21.7 Å². The number of aryl methyl sites for hydroxylation is 2. The maximum Gasteiger partial charge on any atom is 0.307 e. The second-order valence-electron chi connectivity index (χ2n) is 5.85. The summed E-state index contributed by atoms with van der Waals surface area (Å²) in [5, 5.41) is 3.00. The zero-order valence-corrected chi connectivity index (χ0v) is 16.4. The number of hydrogen-bond donors (Lipinski definition) is 1. The smallest absolute Gasteiger partial charge is 0.307 e. The first-order valence-electron chi connectivity index (χ1n) is 8.13. The predicted octanol–water partition coefficient (Wildman–Crippen LogP) is 4.55. The number of amides is 1. The van der Waals surface area contributed by atoms with Gasteiger partial charge in [-0.3, -0.25) is 14.4 Å². The number of rotatable bonds is 7. The monoisotopic (exact) mass is 393 g/mol. The minimum atomic E-state index is -0.987. The van der Waals surface area contributed by atoms with Crippen molar-refractivity contribution in [3.05, 3.63) is 50.7 Å². The molecule has 2 aromatic rings. The summed E-state index contributed by atoms with van der Waals surface area (Å²) >= 11 is 7.52. The van der Waals surface area contributed by atoms with E-state index in [1.165, 1.54) is 6.92 Å². The largest absolute Gasteiger partial charge is 0.453 e. The van der Waals surface area contributed by atoms with E-state index < -0.39 is 18.0 Å². The highest BCUT2D eigenvalue weighted by atomic mass is 35.5. The summed E-state index contributed by atoms with van der Waals surface area (Å²) < 4.78 is 5.10. The summed E-state index contributed by atoms with van der Waals surface area (Å²) in [5.74, 6) is -1.18. The second-order valence-corrected chi connectivity index (χ2v) is 7.72. The Morgan fingerprint density at radius 3 is 2.50 bits per heavy atom. The van der Waals surface area contributed by atoms with Gasteiger partial charge in [-0.05, 0) is 39.0 Å². The van der Waals surface area contributed by atoms with Crippen LogP contribution in [0.4, 0.5) is 5.69 Å². The normalized spacial score (nSPS) is 11.7. The fourth-order valence-electron chi connectivity index (χ4n) is 2.36. The number of benzene rings is 1. The van der Waals surface area contributed by atoms with Crippen LogP contribution in [0.2, 0.25) is 5.02 Å². The first-order valence-corrected chi connectivity index (χ1v) is 9.32. The molecular formula is C19H20ClNO4S. The first-order chi connectivity index (χ1) is 12.3. The van der Waals surface area contributed by atoms with E-state index in [0.717, 1.165) is 9.75 Å². The van der Waals surface area contributed by atoms with Crippen molar-refractivity contribution in [2.75, 3.05) is 5.32 Å². The number of ether oxygens (including phenoxy) is 1. The van der Waals surface area contributed by atoms with Crippen molar-refractivity contribution in [3.8, 4) is 0 Å². The number of carbonyl (C=O) groups excluding carboxylic acids is 3. The van der Waals surface area contributed by atoms with E-state index in [-0.39, 0.29) is 18.6 Å². The summed E-state index contributed by atoms with van der Waals surface area (Å²) in [6.45, 7) is 5.28. The number of anilines is 1. The standard InChI is InChI=1S/C19H20ClNO4S/c1-11-10-14(13(3)26-11)17(22)8-9-18(23)25-12(2)19(24)21-16-7-5-4-6-15(16)20/h4-7,10,12H,8-9H2,1-3H3,(H,21,24)/t12-/m0/s1. The average Bonchev–Trinajstić information content (AvgIpc) is 2.93. The molecule has 0 fully saturated rings. The molecule has 7 heteroatoms. The van der Waals surface area contributed by atoms with Gasteiger partial charge in [-0.1, -0.05) is 23.7 Å². The molecule has 26 heavy (non-hydrogen) atoms. The van der Waals surface area contributed by atoms with Crippen LogP contribution in [0.5, 0.6) is 0 Å². The van der Waals surface area contributed by atoms with Gasteiger partial charge in [0.05, 0.1) is 17.1 Å². The van der Waals surface area contributed by atoms with Gasteiger partial charge in [0.1, 0.15) is 0 Å². The van der Waals surface area contributed by atoms with Gasteiger partial charge in [-0.15, -0.1) is 11.3 Å². The van der Waals surface area contributed by atoms with E-state index in [9.17, 15) is 14.4 Å². The summed E-state index contributed by atoms with van der Waals surface area (Å²) in [6, 6.07) is 8.60. The van der Waals surface area contributed by atoms with Gasteiger partial charge in [0.15, 0.2) is 11.9 Å². The minimum absolute atomic E-state index is 0.0503. The molecule has 1 aromatic heterocycles. The Morgan fingerprint density at radius 1 is 1.19 bits per heavy atom.